The van der Waals surface area contributed by atoms with Gasteiger partial charge in [0, 0.05) is 23.9 Å². The van der Waals surface area contributed by atoms with Crippen LogP contribution in [-0.4, -0.2) is 22.8 Å². The summed E-state index contributed by atoms with van der Waals surface area (Å²) in [5.74, 6) is 0. The van der Waals surface area contributed by atoms with E-state index in [1.807, 2.05) is 35.2 Å². The molecule has 1 aromatic heterocycles. The summed E-state index contributed by atoms with van der Waals surface area (Å²) in [6.07, 6.45) is 1.80. The maximum Gasteiger partial charge on any atom is 0.278 e. The zero-order chi connectivity index (χ0) is 21.6. The predicted molar refractivity (Wildman–Crippen MR) is 121 cm³/mol. The molecule has 0 unspecified atom stereocenters. The van der Waals surface area contributed by atoms with Crippen LogP contribution in [0.15, 0.2) is 95.9 Å². The zero-order valence-electron chi connectivity index (χ0n) is 17.0. The van der Waals surface area contributed by atoms with E-state index in [9.17, 15) is 8.78 Å². The maximum atomic E-state index is 12.7. The molecule has 2 heterocycles. The molecule has 0 spiro atoms. The van der Waals surface area contributed by atoms with Gasteiger partial charge in [0.25, 0.3) is 6.43 Å². The van der Waals surface area contributed by atoms with Gasteiger partial charge in [-0.25, -0.2) is 8.78 Å². The fourth-order valence-corrected chi connectivity index (χ4v) is 3.41. The van der Waals surface area contributed by atoms with Crippen molar-refractivity contribution in [2.75, 3.05) is 4.90 Å². The molecule has 0 saturated heterocycles. The number of nitrogens with zero attached hydrogens (tertiary/aromatic N) is 4. The van der Waals surface area contributed by atoms with Crippen LogP contribution in [0, 0.1) is 0 Å². The number of halogens is 2. The fraction of sp³-hybridized carbons (Fsp3) is 0.160. The van der Waals surface area contributed by atoms with Crippen LogP contribution in [0.4, 0.5) is 14.5 Å². The highest BCUT2D eigenvalue weighted by Crippen LogP contribution is 2.20. The van der Waals surface area contributed by atoms with Crippen molar-refractivity contribution in [2.45, 2.75) is 25.8 Å². The summed E-state index contributed by atoms with van der Waals surface area (Å²) >= 11 is 0. The molecule has 0 N–H and O–H groups in total. The van der Waals surface area contributed by atoms with Crippen LogP contribution in [0.5, 0.6) is 0 Å². The first-order chi connectivity index (χ1) is 15.1. The van der Waals surface area contributed by atoms with E-state index in [1.54, 1.807) is 12.4 Å². The minimum Gasteiger partial charge on any atom is -0.343 e. The van der Waals surface area contributed by atoms with E-state index in [4.69, 9.17) is 0 Å². The minimum absolute atomic E-state index is 0.0623. The van der Waals surface area contributed by atoms with Crippen molar-refractivity contribution >= 4 is 17.1 Å². The van der Waals surface area contributed by atoms with Crippen molar-refractivity contribution in [2.24, 2.45) is 10.2 Å². The van der Waals surface area contributed by atoms with Gasteiger partial charge in [0.2, 0.25) is 0 Å². The highest BCUT2D eigenvalue weighted by atomic mass is 19.3. The van der Waals surface area contributed by atoms with Crippen LogP contribution in [0.2, 0.25) is 0 Å². The van der Waals surface area contributed by atoms with Gasteiger partial charge in [-0.3, -0.25) is 4.98 Å². The Labute approximate surface area is 180 Å². The second kappa shape index (κ2) is 9.43. The molecule has 6 heteroatoms. The molecule has 2 aromatic carbocycles. The van der Waals surface area contributed by atoms with Gasteiger partial charge >= 0.3 is 0 Å². The normalized spacial score (nSPS) is 13.1. The second-order valence-electron chi connectivity index (χ2n) is 7.29. The third-order valence-electron chi connectivity index (χ3n) is 5.13. The lowest BCUT2D eigenvalue weighted by Crippen LogP contribution is -2.16. The summed E-state index contributed by atoms with van der Waals surface area (Å²) in [5, 5.41) is 7.41. The zero-order valence-corrected chi connectivity index (χ0v) is 17.0. The average Bonchev–Trinajstić information content (AvgIpc) is 3.30. The Hall–Kier alpha value is -3.67. The van der Waals surface area contributed by atoms with E-state index in [1.165, 1.54) is 11.1 Å². The molecule has 1 aliphatic rings. The monoisotopic (exact) mass is 416 g/mol. The van der Waals surface area contributed by atoms with E-state index < -0.39 is 6.43 Å². The van der Waals surface area contributed by atoms with Crippen molar-refractivity contribution in [3.63, 3.8) is 0 Å². The highest BCUT2D eigenvalue weighted by Gasteiger charge is 2.22. The Balaban J connectivity index is 1.39. The van der Waals surface area contributed by atoms with Crippen LogP contribution < -0.4 is 4.90 Å². The summed E-state index contributed by atoms with van der Waals surface area (Å²) < 4.78 is 25.5. The lowest BCUT2D eigenvalue weighted by Gasteiger charge is -2.20. The Morgan fingerprint density at radius 1 is 0.935 bits per heavy atom. The van der Waals surface area contributed by atoms with E-state index in [0.717, 1.165) is 17.8 Å². The van der Waals surface area contributed by atoms with E-state index in [0.29, 0.717) is 17.8 Å². The molecule has 3 aromatic rings. The minimum atomic E-state index is -2.58. The number of hydrogen-bond donors (Lipinski definition) is 0. The van der Waals surface area contributed by atoms with Gasteiger partial charge in [-0.15, -0.1) is 0 Å². The van der Waals surface area contributed by atoms with Gasteiger partial charge in [0.1, 0.15) is 5.71 Å². The molecule has 0 atom stereocenters. The Bertz CT molecular complexity index is 1090. The molecule has 0 radical (unpaired) electrons. The van der Waals surface area contributed by atoms with Crippen LogP contribution in [0.1, 0.15) is 28.8 Å². The summed E-state index contributed by atoms with van der Waals surface area (Å²) in [4.78, 5) is 6.48. The largest absolute Gasteiger partial charge is 0.343 e. The lowest BCUT2D eigenvalue weighted by atomic mass is 10.0. The van der Waals surface area contributed by atoms with Gasteiger partial charge in [-0.2, -0.15) is 10.2 Å². The average molecular weight is 416 g/mol. The maximum absolute atomic E-state index is 12.7. The van der Waals surface area contributed by atoms with Crippen molar-refractivity contribution in [1.29, 1.82) is 0 Å². The lowest BCUT2D eigenvalue weighted by molar-refractivity contribution is 0.224. The molecule has 0 amide bonds. The molecule has 156 valence electrons. The number of alkyl halides is 2. The van der Waals surface area contributed by atoms with Gasteiger partial charge in [-0.1, -0.05) is 49.0 Å². The molecule has 0 saturated carbocycles. The van der Waals surface area contributed by atoms with Gasteiger partial charge in [0.05, 0.1) is 18.0 Å². The predicted octanol–water partition coefficient (Wildman–Crippen LogP) is 5.64. The number of hydrogen-bond acceptors (Lipinski definition) is 4. The summed E-state index contributed by atoms with van der Waals surface area (Å²) in [6, 6.07) is 22.5. The molecule has 0 aliphatic carbocycles. The molecule has 4 rings (SSSR count). The van der Waals surface area contributed by atoms with Gasteiger partial charge in [0.15, 0.2) is 0 Å². The summed E-state index contributed by atoms with van der Waals surface area (Å²) in [7, 11) is 0. The first-order valence-corrected chi connectivity index (χ1v) is 10.0. The molecule has 31 heavy (non-hydrogen) atoms. The first-order valence-electron chi connectivity index (χ1n) is 10.0. The Morgan fingerprint density at radius 3 is 2.29 bits per heavy atom. The van der Waals surface area contributed by atoms with E-state index in [-0.39, 0.29) is 12.1 Å². The third-order valence-corrected chi connectivity index (χ3v) is 5.13. The number of pyridine rings is 1. The van der Waals surface area contributed by atoms with E-state index in [2.05, 4.69) is 58.2 Å². The molecule has 1 aliphatic heterocycles. The number of anilines is 1. The standard InChI is InChI=1S/C25H22F2N4/c1-2-31(22-12-8-19(9-13-22)14-18-6-4-3-5-7-18)17-21-11-10-20(16-28-21)23-15-24(25(26)27)30-29-23/h2-13,16,25H,1,14-15,17H2. The molecule has 0 fully saturated rings. The first kappa shape index (κ1) is 20.6. The van der Waals surface area contributed by atoms with Crippen LogP contribution >= 0.6 is 0 Å². The van der Waals surface area contributed by atoms with Gasteiger partial charge < -0.3 is 4.90 Å². The number of benzene rings is 2. The smallest absolute Gasteiger partial charge is 0.278 e. The second-order valence-corrected chi connectivity index (χ2v) is 7.29. The quantitative estimate of drug-likeness (QED) is 0.477. The number of rotatable bonds is 8. The Morgan fingerprint density at radius 2 is 1.68 bits per heavy atom. The van der Waals surface area contributed by atoms with Crippen molar-refractivity contribution in [3.05, 3.63) is 108 Å². The molecule has 4 nitrogen and oxygen atoms in total. The van der Waals surface area contributed by atoms with Crippen LogP contribution in [0.25, 0.3) is 0 Å². The van der Waals surface area contributed by atoms with E-state index >= 15 is 0 Å². The summed E-state index contributed by atoms with van der Waals surface area (Å²) in [6.45, 7) is 4.47. The molecule has 0 bridgehead atoms. The highest BCUT2D eigenvalue weighted by molar-refractivity contribution is 6.15. The Kier molecular flexibility index (Phi) is 6.26. The topological polar surface area (TPSA) is 40.9 Å². The van der Waals surface area contributed by atoms with Crippen molar-refractivity contribution in [1.82, 2.24) is 4.98 Å². The molecular weight excluding hydrogens is 394 g/mol. The molecular formula is C25H22F2N4. The third kappa shape index (κ3) is 5.09. The van der Waals surface area contributed by atoms with Gasteiger partial charge in [-0.05, 0) is 48.0 Å². The summed E-state index contributed by atoms with van der Waals surface area (Å²) in [5.41, 5.74) is 5.40. The van der Waals surface area contributed by atoms with Crippen molar-refractivity contribution < 1.29 is 8.78 Å². The SMILES string of the molecule is C=CN(Cc1ccc(C2=NN=C(C(F)F)C2)cn1)c1ccc(Cc2ccccc2)cc1. The number of aromatic nitrogens is 1. The van der Waals surface area contributed by atoms with Crippen molar-refractivity contribution in [3.8, 4) is 0 Å². The van der Waals surface area contributed by atoms with Crippen LogP contribution in [-0.2, 0) is 13.0 Å². The van der Waals surface area contributed by atoms with Crippen LogP contribution in [0.3, 0.4) is 0 Å². The fourth-order valence-electron chi connectivity index (χ4n) is 3.41.